The Bertz CT molecular complexity index is 546. The quantitative estimate of drug-likeness (QED) is 0.330. The Labute approximate surface area is 126 Å². The number of hydrogen-bond acceptors (Lipinski definition) is 1. The molecule has 0 amide bonds. The second-order valence-electron chi connectivity index (χ2n) is 4.52. The summed E-state index contributed by atoms with van der Waals surface area (Å²) in [6, 6.07) is 20.7. The molecule has 2 heteroatoms. The summed E-state index contributed by atoms with van der Waals surface area (Å²) in [5, 5.41) is 0. The first-order valence-electron chi connectivity index (χ1n) is 6.80. The van der Waals surface area contributed by atoms with Crippen molar-refractivity contribution < 1.29 is 4.79 Å². The number of carbonyl (C=O) groups is 1. The fraction of sp³-hybridized carbons (Fsp3) is 0.167. The van der Waals surface area contributed by atoms with E-state index in [-0.39, 0.29) is 15.0 Å². The molecule has 0 aliphatic carbocycles. The molecule has 2 aromatic rings. The summed E-state index contributed by atoms with van der Waals surface area (Å²) < 4.78 is 2.19. The van der Waals surface area contributed by atoms with E-state index in [4.69, 9.17) is 0 Å². The number of aryl methyl sites for hydroxylation is 1. The average molecular weight is 329 g/mol. The van der Waals surface area contributed by atoms with Crippen LogP contribution < -0.4 is 4.46 Å². The van der Waals surface area contributed by atoms with E-state index in [1.165, 1.54) is 10.0 Å². The van der Waals surface area contributed by atoms with Gasteiger partial charge in [0.15, 0.2) is 0 Å². The number of hydrogen-bond donors (Lipinski definition) is 0. The number of benzene rings is 2. The normalized spacial score (nSPS) is 11.3. The number of carbonyl (C=O) groups excluding carboxylic acids is 1. The molecule has 0 atom stereocenters. The van der Waals surface area contributed by atoms with Crippen LogP contribution in [0.15, 0.2) is 71.2 Å². The third kappa shape index (κ3) is 5.16. The van der Waals surface area contributed by atoms with E-state index in [0.717, 1.165) is 30.0 Å². The van der Waals surface area contributed by atoms with Gasteiger partial charge in [-0.3, -0.25) is 0 Å². The molecule has 0 bridgehead atoms. The van der Waals surface area contributed by atoms with E-state index in [1.54, 1.807) is 0 Å². The number of rotatable bonds is 7. The van der Waals surface area contributed by atoms with E-state index in [2.05, 4.69) is 42.5 Å². The minimum absolute atomic E-state index is 0.135. The summed E-state index contributed by atoms with van der Waals surface area (Å²) >= 11 is 0.135. The Morgan fingerprint density at radius 2 is 1.60 bits per heavy atom. The van der Waals surface area contributed by atoms with E-state index in [9.17, 15) is 4.79 Å². The monoisotopic (exact) mass is 330 g/mol. The van der Waals surface area contributed by atoms with Crippen LogP contribution in [0.1, 0.15) is 18.4 Å². The van der Waals surface area contributed by atoms with E-state index in [1.807, 2.05) is 24.3 Å². The molecule has 102 valence electrons. The number of allylic oxidation sites excluding steroid dienone is 2. The van der Waals surface area contributed by atoms with Gasteiger partial charge >= 0.3 is 127 Å². The number of unbranched alkanes of at least 4 members (excludes halogenated alkanes) is 1. The second-order valence-corrected chi connectivity index (χ2v) is 6.92. The molecule has 0 saturated heterocycles. The van der Waals surface area contributed by atoms with Crippen LogP contribution in [0.25, 0.3) is 0 Å². The Hall–Kier alpha value is -1.63. The van der Waals surface area contributed by atoms with E-state index >= 15 is 0 Å². The van der Waals surface area contributed by atoms with Crippen LogP contribution >= 0.6 is 0 Å². The van der Waals surface area contributed by atoms with Gasteiger partial charge in [-0.25, -0.2) is 0 Å². The zero-order valence-corrected chi connectivity index (χ0v) is 13.1. The van der Waals surface area contributed by atoms with Crippen molar-refractivity contribution in [2.45, 2.75) is 19.3 Å². The molecule has 0 unspecified atom stereocenters. The van der Waals surface area contributed by atoms with Crippen LogP contribution in [-0.2, 0) is 11.2 Å². The Morgan fingerprint density at radius 1 is 0.950 bits per heavy atom. The van der Waals surface area contributed by atoms with Crippen molar-refractivity contribution in [1.82, 2.24) is 0 Å². The third-order valence-electron chi connectivity index (χ3n) is 2.95. The molecule has 0 saturated carbocycles. The molecule has 0 radical (unpaired) electrons. The van der Waals surface area contributed by atoms with Crippen molar-refractivity contribution >= 4 is 25.7 Å². The summed E-state index contributed by atoms with van der Waals surface area (Å²) in [4.78, 5) is 11.1. The molecule has 0 spiro atoms. The van der Waals surface area contributed by atoms with Gasteiger partial charge in [-0.05, 0) is 0 Å². The summed E-state index contributed by atoms with van der Waals surface area (Å²) in [6.45, 7) is 0. The molecule has 0 aliphatic rings. The molecule has 0 N–H and O–H groups in total. The average Bonchev–Trinajstić information content (AvgIpc) is 2.52. The molecule has 0 fully saturated rings. The molecule has 20 heavy (non-hydrogen) atoms. The van der Waals surface area contributed by atoms with Crippen LogP contribution in [0.3, 0.4) is 0 Å². The van der Waals surface area contributed by atoms with Gasteiger partial charge in [-0.1, -0.05) is 0 Å². The first-order valence-corrected chi connectivity index (χ1v) is 8.52. The van der Waals surface area contributed by atoms with Crippen molar-refractivity contribution in [1.29, 1.82) is 0 Å². The van der Waals surface area contributed by atoms with Crippen LogP contribution in [0.5, 0.6) is 0 Å². The summed E-state index contributed by atoms with van der Waals surface area (Å²) in [6.07, 6.45) is 6.24. The van der Waals surface area contributed by atoms with Gasteiger partial charge in [0.25, 0.3) is 0 Å². The maximum atomic E-state index is 11.1. The van der Waals surface area contributed by atoms with Crippen LogP contribution in [0.4, 0.5) is 0 Å². The first-order chi connectivity index (χ1) is 9.88. The van der Waals surface area contributed by atoms with Crippen molar-refractivity contribution in [3.8, 4) is 0 Å². The van der Waals surface area contributed by atoms with Crippen molar-refractivity contribution in [2.24, 2.45) is 0 Å². The first kappa shape index (κ1) is 14.8. The van der Waals surface area contributed by atoms with E-state index in [0.29, 0.717) is 0 Å². The molecular formula is C18H18OSe. The van der Waals surface area contributed by atoms with Crippen LogP contribution in [0, 0.1) is 0 Å². The summed E-state index contributed by atoms with van der Waals surface area (Å²) in [5.74, 6) is 0. The predicted octanol–water partition coefficient (Wildman–Crippen LogP) is 3.12. The molecule has 0 aromatic heterocycles. The van der Waals surface area contributed by atoms with Crippen LogP contribution in [0.2, 0.25) is 0 Å². The molecule has 2 rings (SSSR count). The van der Waals surface area contributed by atoms with Gasteiger partial charge in [-0.15, -0.1) is 0 Å². The van der Waals surface area contributed by atoms with Gasteiger partial charge in [-0.2, -0.15) is 0 Å². The topological polar surface area (TPSA) is 17.1 Å². The Morgan fingerprint density at radius 3 is 2.25 bits per heavy atom. The standard InChI is InChI=1S/C18H18OSe/c19-15-18(20-17-12-5-2-6-13-17)14-8-7-11-16-9-3-1-4-10-16/h1-6,9-10,12-15H,7-8,11H2/b18-14-. The minimum atomic E-state index is 0.135. The van der Waals surface area contributed by atoms with Crippen molar-refractivity contribution in [3.05, 3.63) is 76.8 Å². The number of aldehydes is 1. The van der Waals surface area contributed by atoms with Gasteiger partial charge in [0, 0.05) is 0 Å². The Kier molecular flexibility index (Phi) is 6.29. The molecule has 0 aliphatic heterocycles. The van der Waals surface area contributed by atoms with Crippen molar-refractivity contribution in [3.63, 3.8) is 0 Å². The summed E-state index contributed by atoms with van der Waals surface area (Å²) in [5.41, 5.74) is 1.36. The van der Waals surface area contributed by atoms with Gasteiger partial charge in [0.1, 0.15) is 0 Å². The van der Waals surface area contributed by atoms with Gasteiger partial charge < -0.3 is 0 Å². The summed E-state index contributed by atoms with van der Waals surface area (Å²) in [7, 11) is 0. The van der Waals surface area contributed by atoms with Crippen molar-refractivity contribution in [2.75, 3.05) is 0 Å². The van der Waals surface area contributed by atoms with E-state index < -0.39 is 0 Å². The zero-order chi connectivity index (χ0) is 14.0. The second kappa shape index (κ2) is 8.52. The molecular weight excluding hydrogens is 311 g/mol. The van der Waals surface area contributed by atoms with Gasteiger partial charge in [0.2, 0.25) is 0 Å². The zero-order valence-electron chi connectivity index (χ0n) is 11.4. The Balaban J connectivity index is 1.81. The molecule has 0 heterocycles. The third-order valence-corrected chi connectivity index (χ3v) is 5.06. The maximum absolute atomic E-state index is 11.1. The molecule has 2 aromatic carbocycles. The SMILES string of the molecule is O=C/C(=C/CCCc1ccccc1)[Se]c1ccccc1. The fourth-order valence-corrected chi connectivity index (χ4v) is 3.64. The fourth-order valence-electron chi connectivity index (χ4n) is 1.93. The van der Waals surface area contributed by atoms with Crippen LogP contribution in [-0.4, -0.2) is 21.2 Å². The molecule has 1 nitrogen and oxygen atoms in total. The van der Waals surface area contributed by atoms with Gasteiger partial charge in [0.05, 0.1) is 0 Å². The predicted molar refractivity (Wildman–Crippen MR) is 85.4 cm³/mol.